The van der Waals surface area contributed by atoms with Crippen molar-refractivity contribution < 1.29 is 13.5 Å². The minimum absolute atomic E-state index is 0.191. The first-order chi connectivity index (χ1) is 8.41. The van der Waals surface area contributed by atoms with E-state index in [9.17, 15) is 8.78 Å². The van der Waals surface area contributed by atoms with Crippen molar-refractivity contribution in [1.82, 2.24) is 0 Å². The Morgan fingerprint density at radius 3 is 2.22 bits per heavy atom. The predicted octanol–water partition coefficient (Wildman–Crippen LogP) is 4.56. The zero-order chi connectivity index (χ0) is 13.7. The molecule has 102 valence electrons. The molecule has 0 aliphatic carbocycles. The molecule has 0 amide bonds. The summed E-state index contributed by atoms with van der Waals surface area (Å²) in [6, 6.07) is 4.16. The normalized spacial score (nSPS) is 13.1. The Morgan fingerprint density at radius 2 is 1.72 bits per heavy atom. The highest BCUT2D eigenvalue weighted by atomic mass is 35.5. The molecule has 4 heteroatoms. The van der Waals surface area contributed by atoms with Crippen LogP contribution in [0.5, 0.6) is 0 Å². The quantitative estimate of drug-likeness (QED) is 0.546. The molecule has 1 atom stereocenters. The number of alkyl halides is 3. The van der Waals surface area contributed by atoms with Crippen LogP contribution in [0.15, 0.2) is 12.1 Å². The van der Waals surface area contributed by atoms with Crippen LogP contribution in [0.25, 0.3) is 0 Å². The summed E-state index contributed by atoms with van der Waals surface area (Å²) >= 11 is 6.32. The van der Waals surface area contributed by atoms with Gasteiger partial charge in [-0.05, 0) is 43.9 Å². The Hall–Kier alpha value is -0.670. The van der Waals surface area contributed by atoms with E-state index in [1.165, 1.54) is 5.56 Å². The molecule has 0 N–H and O–H groups in total. The van der Waals surface area contributed by atoms with Crippen molar-refractivity contribution >= 4 is 11.6 Å². The standard InChI is InChI=1S/C14H19ClF2O/c1-9-6-10(2)14(11(3)7-9)12(15)4-5-18-8-13(16)17/h6-7,12-13H,4-5,8H2,1-3H3. The van der Waals surface area contributed by atoms with Gasteiger partial charge in [0, 0.05) is 6.61 Å². The van der Waals surface area contributed by atoms with Crippen molar-refractivity contribution in [3.05, 3.63) is 34.4 Å². The Morgan fingerprint density at radius 1 is 1.17 bits per heavy atom. The fraction of sp³-hybridized carbons (Fsp3) is 0.571. The summed E-state index contributed by atoms with van der Waals surface area (Å²) in [5.74, 6) is 0. The van der Waals surface area contributed by atoms with E-state index in [1.807, 2.05) is 20.8 Å². The molecule has 0 aliphatic heterocycles. The van der Waals surface area contributed by atoms with E-state index >= 15 is 0 Å². The molecule has 0 aliphatic rings. The lowest BCUT2D eigenvalue weighted by Gasteiger charge is -2.16. The molecule has 0 bridgehead atoms. The highest BCUT2D eigenvalue weighted by Gasteiger charge is 2.14. The molecule has 1 rings (SSSR count). The molecule has 18 heavy (non-hydrogen) atoms. The van der Waals surface area contributed by atoms with E-state index in [0.29, 0.717) is 6.42 Å². The first-order valence-electron chi connectivity index (χ1n) is 5.99. The van der Waals surface area contributed by atoms with Crippen LogP contribution in [0.1, 0.15) is 34.1 Å². The molecule has 1 aromatic rings. The third kappa shape index (κ3) is 4.54. The molecule has 0 saturated carbocycles. The number of halogens is 3. The average molecular weight is 277 g/mol. The second-order valence-electron chi connectivity index (χ2n) is 4.53. The van der Waals surface area contributed by atoms with Crippen molar-refractivity contribution in [2.75, 3.05) is 13.2 Å². The van der Waals surface area contributed by atoms with Gasteiger partial charge in [-0.25, -0.2) is 8.78 Å². The third-order valence-electron chi connectivity index (χ3n) is 2.81. The third-order valence-corrected chi connectivity index (χ3v) is 3.25. The minimum Gasteiger partial charge on any atom is -0.375 e. The zero-order valence-corrected chi connectivity index (χ0v) is 11.7. The van der Waals surface area contributed by atoms with Gasteiger partial charge in [-0.3, -0.25) is 0 Å². The molecular formula is C14H19ClF2O. The van der Waals surface area contributed by atoms with Crippen molar-refractivity contribution in [2.24, 2.45) is 0 Å². The Labute approximate surface area is 112 Å². The Balaban J connectivity index is 2.59. The van der Waals surface area contributed by atoms with Crippen molar-refractivity contribution in [3.63, 3.8) is 0 Å². The fourth-order valence-corrected chi connectivity index (χ4v) is 2.62. The molecule has 0 fully saturated rings. The molecule has 0 aromatic heterocycles. The summed E-state index contributed by atoms with van der Waals surface area (Å²) in [7, 11) is 0. The summed E-state index contributed by atoms with van der Waals surface area (Å²) < 4.78 is 28.6. The number of ether oxygens (including phenoxy) is 1. The number of hydrogen-bond acceptors (Lipinski definition) is 1. The van der Waals surface area contributed by atoms with E-state index in [2.05, 4.69) is 12.1 Å². The summed E-state index contributed by atoms with van der Waals surface area (Å²) in [5.41, 5.74) is 4.57. The van der Waals surface area contributed by atoms with Crippen molar-refractivity contribution in [2.45, 2.75) is 39.0 Å². The molecule has 1 unspecified atom stereocenters. The molecule has 0 saturated heterocycles. The van der Waals surface area contributed by atoms with Crippen LogP contribution in [-0.4, -0.2) is 19.6 Å². The van der Waals surface area contributed by atoms with Crippen LogP contribution in [0, 0.1) is 20.8 Å². The van der Waals surface area contributed by atoms with Crippen LogP contribution < -0.4 is 0 Å². The summed E-state index contributed by atoms with van der Waals surface area (Å²) in [5, 5.41) is -0.191. The van der Waals surface area contributed by atoms with Crippen molar-refractivity contribution in [1.29, 1.82) is 0 Å². The van der Waals surface area contributed by atoms with E-state index in [0.717, 1.165) is 16.7 Å². The maximum atomic E-state index is 11.9. The Bertz CT molecular complexity index is 370. The van der Waals surface area contributed by atoms with Gasteiger partial charge in [0.1, 0.15) is 6.61 Å². The van der Waals surface area contributed by atoms with Gasteiger partial charge < -0.3 is 4.74 Å². The van der Waals surface area contributed by atoms with Gasteiger partial charge in [-0.2, -0.15) is 0 Å². The van der Waals surface area contributed by atoms with Gasteiger partial charge in [0.25, 0.3) is 6.43 Å². The SMILES string of the molecule is Cc1cc(C)c(C(Cl)CCOCC(F)F)c(C)c1. The summed E-state index contributed by atoms with van der Waals surface area (Å²) in [6.07, 6.45) is -1.87. The lowest BCUT2D eigenvalue weighted by Crippen LogP contribution is -2.08. The van der Waals surface area contributed by atoms with E-state index in [4.69, 9.17) is 16.3 Å². The van der Waals surface area contributed by atoms with E-state index in [1.54, 1.807) is 0 Å². The molecule has 0 radical (unpaired) electrons. The molecule has 1 nitrogen and oxygen atoms in total. The van der Waals surface area contributed by atoms with E-state index < -0.39 is 13.0 Å². The van der Waals surface area contributed by atoms with Crippen LogP contribution >= 0.6 is 11.6 Å². The van der Waals surface area contributed by atoms with Gasteiger partial charge in [-0.15, -0.1) is 11.6 Å². The number of rotatable bonds is 6. The summed E-state index contributed by atoms with van der Waals surface area (Å²) in [4.78, 5) is 0. The number of aryl methyl sites for hydroxylation is 3. The summed E-state index contributed by atoms with van der Waals surface area (Å²) in [6.45, 7) is 5.81. The second kappa shape index (κ2) is 7.05. The maximum Gasteiger partial charge on any atom is 0.261 e. The molecule has 0 spiro atoms. The smallest absolute Gasteiger partial charge is 0.261 e. The van der Waals surface area contributed by atoms with E-state index in [-0.39, 0.29) is 12.0 Å². The highest BCUT2D eigenvalue weighted by molar-refractivity contribution is 6.21. The van der Waals surface area contributed by atoms with Crippen molar-refractivity contribution in [3.8, 4) is 0 Å². The topological polar surface area (TPSA) is 9.23 Å². The van der Waals surface area contributed by atoms with Gasteiger partial charge >= 0.3 is 0 Å². The van der Waals surface area contributed by atoms with Crippen LogP contribution in [-0.2, 0) is 4.74 Å². The predicted molar refractivity (Wildman–Crippen MR) is 70.7 cm³/mol. The monoisotopic (exact) mass is 276 g/mol. The van der Waals surface area contributed by atoms with Gasteiger partial charge in [0.15, 0.2) is 0 Å². The lowest BCUT2D eigenvalue weighted by molar-refractivity contribution is 0.0165. The minimum atomic E-state index is -2.42. The highest BCUT2D eigenvalue weighted by Crippen LogP contribution is 2.30. The van der Waals surface area contributed by atoms with Gasteiger partial charge in [-0.1, -0.05) is 17.7 Å². The molecule has 0 heterocycles. The zero-order valence-electron chi connectivity index (χ0n) is 11.0. The van der Waals surface area contributed by atoms with Gasteiger partial charge in [0.2, 0.25) is 0 Å². The second-order valence-corrected chi connectivity index (χ2v) is 5.06. The van der Waals surface area contributed by atoms with Crippen LogP contribution in [0.3, 0.4) is 0 Å². The first-order valence-corrected chi connectivity index (χ1v) is 6.43. The van der Waals surface area contributed by atoms with Crippen LogP contribution in [0.4, 0.5) is 8.78 Å². The average Bonchev–Trinajstić information content (AvgIpc) is 2.22. The number of hydrogen-bond donors (Lipinski definition) is 0. The molecule has 1 aromatic carbocycles. The number of benzene rings is 1. The molecular weight excluding hydrogens is 258 g/mol. The first kappa shape index (κ1) is 15.4. The van der Waals surface area contributed by atoms with Gasteiger partial charge in [0.05, 0.1) is 5.38 Å². The fourth-order valence-electron chi connectivity index (χ4n) is 2.19. The lowest BCUT2D eigenvalue weighted by atomic mass is 9.96. The largest absolute Gasteiger partial charge is 0.375 e. The maximum absolute atomic E-state index is 11.9. The Kier molecular flexibility index (Phi) is 6.03. The van der Waals surface area contributed by atoms with Crippen LogP contribution in [0.2, 0.25) is 0 Å².